The lowest BCUT2D eigenvalue weighted by Crippen LogP contribution is -2.48. The second-order valence-corrected chi connectivity index (χ2v) is 7.42. The Balaban J connectivity index is 1.38. The molecule has 0 spiro atoms. The number of hydrogen-bond acceptors (Lipinski definition) is 8. The Morgan fingerprint density at radius 2 is 1.90 bits per heavy atom. The first-order chi connectivity index (χ1) is 14.5. The van der Waals surface area contributed by atoms with E-state index < -0.39 is 5.82 Å². The zero-order valence-corrected chi connectivity index (χ0v) is 17.7. The van der Waals surface area contributed by atoms with Crippen molar-refractivity contribution in [2.45, 2.75) is 6.42 Å². The quantitative estimate of drug-likeness (QED) is 0.458. The smallest absolute Gasteiger partial charge is 0.319 e. The van der Waals surface area contributed by atoms with Gasteiger partial charge in [0.05, 0.1) is 18.7 Å². The fraction of sp³-hybridized carbons (Fsp3) is 0.450. The number of carbonyl (C=O) groups is 1. The van der Waals surface area contributed by atoms with Crippen molar-refractivity contribution in [1.82, 2.24) is 19.8 Å². The average molecular weight is 437 g/mol. The SMILES string of the molecule is COC(=O)CN1CCN(CCCNc2cc(Nc3ccc(F)c(Cl)c3)ncn2)CC1. The van der Waals surface area contributed by atoms with Crippen LogP contribution >= 0.6 is 11.6 Å². The van der Waals surface area contributed by atoms with E-state index in [-0.39, 0.29) is 11.0 Å². The van der Waals surface area contributed by atoms with Crippen molar-refractivity contribution in [3.8, 4) is 0 Å². The molecule has 1 aliphatic rings. The maximum Gasteiger partial charge on any atom is 0.319 e. The van der Waals surface area contributed by atoms with Crippen LogP contribution in [0.3, 0.4) is 0 Å². The van der Waals surface area contributed by atoms with Gasteiger partial charge in [0, 0.05) is 44.5 Å². The third kappa shape index (κ3) is 6.79. The molecule has 0 bridgehead atoms. The van der Waals surface area contributed by atoms with Crippen LogP contribution in [0.1, 0.15) is 6.42 Å². The third-order valence-electron chi connectivity index (χ3n) is 4.86. The lowest BCUT2D eigenvalue weighted by atomic mass is 10.3. The molecule has 0 atom stereocenters. The first-order valence-corrected chi connectivity index (χ1v) is 10.2. The second kappa shape index (κ2) is 11.1. The molecule has 30 heavy (non-hydrogen) atoms. The van der Waals surface area contributed by atoms with E-state index in [1.807, 2.05) is 0 Å². The molecule has 0 saturated carbocycles. The molecular formula is C20H26ClFN6O2. The first-order valence-electron chi connectivity index (χ1n) is 9.83. The number of benzene rings is 1. The molecule has 0 aliphatic carbocycles. The maximum atomic E-state index is 13.3. The molecule has 0 amide bonds. The summed E-state index contributed by atoms with van der Waals surface area (Å²) in [6.45, 7) is 5.75. The van der Waals surface area contributed by atoms with Gasteiger partial charge in [-0.3, -0.25) is 9.69 Å². The number of piperazine rings is 1. The number of nitrogens with one attached hydrogen (secondary N) is 2. The van der Waals surface area contributed by atoms with Crippen molar-refractivity contribution in [3.05, 3.63) is 41.4 Å². The van der Waals surface area contributed by atoms with Gasteiger partial charge in [-0.25, -0.2) is 14.4 Å². The molecule has 1 aromatic carbocycles. The van der Waals surface area contributed by atoms with E-state index in [1.54, 1.807) is 12.1 Å². The van der Waals surface area contributed by atoms with Crippen LogP contribution in [0.15, 0.2) is 30.6 Å². The van der Waals surface area contributed by atoms with Gasteiger partial charge < -0.3 is 20.3 Å². The molecule has 162 valence electrons. The van der Waals surface area contributed by atoms with Gasteiger partial charge >= 0.3 is 5.97 Å². The van der Waals surface area contributed by atoms with Crippen LogP contribution in [-0.2, 0) is 9.53 Å². The first kappa shape index (κ1) is 22.2. The van der Waals surface area contributed by atoms with Crippen LogP contribution in [0.2, 0.25) is 5.02 Å². The van der Waals surface area contributed by atoms with Crippen molar-refractivity contribution in [1.29, 1.82) is 0 Å². The summed E-state index contributed by atoms with van der Waals surface area (Å²) in [6.07, 6.45) is 2.44. The average Bonchev–Trinajstić information content (AvgIpc) is 2.75. The van der Waals surface area contributed by atoms with E-state index in [1.165, 1.54) is 25.6 Å². The van der Waals surface area contributed by atoms with Crippen LogP contribution in [-0.4, -0.2) is 78.7 Å². The summed E-state index contributed by atoms with van der Waals surface area (Å²) in [4.78, 5) is 24.3. The van der Waals surface area contributed by atoms with Gasteiger partial charge in [-0.05, 0) is 31.2 Å². The van der Waals surface area contributed by atoms with Gasteiger partial charge in [-0.1, -0.05) is 11.6 Å². The molecule has 3 rings (SSSR count). The van der Waals surface area contributed by atoms with Crippen molar-refractivity contribution < 1.29 is 13.9 Å². The zero-order valence-electron chi connectivity index (χ0n) is 16.9. The van der Waals surface area contributed by atoms with E-state index >= 15 is 0 Å². The molecule has 1 aliphatic heterocycles. The monoisotopic (exact) mass is 436 g/mol. The van der Waals surface area contributed by atoms with Crippen LogP contribution in [0.25, 0.3) is 0 Å². The summed E-state index contributed by atoms with van der Waals surface area (Å²) in [5.41, 5.74) is 0.650. The number of hydrogen-bond donors (Lipinski definition) is 2. The second-order valence-electron chi connectivity index (χ2n) is 7.02. The molecule has 1 saturated heterocycles. The number of nitrogens with zero attached hydrogens (tertiary/aromatic N) is 4. The highest BCUT2D eigenvalue weighted by Gasteiger charge is 2.18. The Kier molecular flexibility index (Phi) is 8.18. The fourth-order valence-corrected chi connectivity index (χ4v) is 3.36. The summed E-state index contributed by atoms with van der Waals surface area (Å²) < 4.78 is 18.0. The predicted molar refractivity (Wildman–Crippen MR) is 115 cm³/mol. The summed E-state index contributed by atoms with van der Waals surface area (Å²) >= 11 is 5.81. The molecule has 1 fully saturated rings. The van der Waals surface area contributed by atoms with Gasteiger partial charge in [0.2, 0.25) is 0 Å². The van der Waals surface area contributed by atoms with Crippen LogP contribution in [0.4, 0.5) is 21.7 Å². The Labute approximate surface area is 180 Å². The van der Waals surface area contributed by atoms with Crippen molar-refractivity contribution in [2.24, 2.45) is 0 Å². The van der Waals surface area contributed by atoms with Crippen molar-refractivity contribution >= 4 is 34.9 Å². The fourth-order valence-electron chi connectivity index (χ4n) is 3.18. The van der Waals surface area contributed by atoms with E-state index in [4.69, 9.17) is 16.3 Å². The molecule has 8 nitrogen and oxygen atoms in total. The van der Waals surface area contributed by atoms with Gasteiger partial charge in [0.25, 0.3) is 0 Å². The molecule has 2 aromatic rings. The van der Waals surface area contributed by atoms with Crippen LogP contribution < -0.4 is 10.6 Å². The number of halogens is 2. The number of ether oxygens (including phenoxy) is 1. The largest absolute Gasteiger partial charge is 0.468 e. The molecule has 2 heterocycles. The minimum Gasteiger partial charge on any atom is -0.468 e. The summed E-state index contributed by atoms with van der Waals surface area (Å²) in [6, 6.07) is 6.21. The number of esters is 1. The molecular weight excluding hydrogens is 411 g/mol. The normalized spacial score (nSPS) is 15.0. The van der Waals surface area contributed by atoms with Gasteiger partial charge in [-0.15, -0.1) is 0 Å². The lowest BCUT2D eigenvalue weighted by molar-refractivity contribution is -0.142. The topological polar surface area (TPSA) is 82.6 Å². The number of methoxy groups -OCH3 is 1. The Bertz CT molecular complexity index is 848. The number of rotatable bonds is 9. The van der Waals surface area contributed by atoms with Gasteiger partial charge in [0.15, 0.2) is 0 Å². The number of aromatic nitrogens is 2. The summed E-state index contributed by atoms with van der Waals surface area (Å²) in [5, 5.41) is 6.44. The Morgan fingerprint density at radius 3 is 2.63 bits per heavy atom. The highest BCUT2D eigenvalue weighted by Crippen LogP contribution is 2.22. The molecule has 1 aromatic heterocycles. The lowest BCUT2D eigenvalue weighted by Gasteiger charge is -2.33. The Hall–Kier alpha value is -2.49. The summed E-state index contributed by atoms with van der Waals surface area (Å²) in [7, 11) is 1.42. The minimum atomic E-state index is -0.461. The van der Waals surface area contributed by atoms with Crippen LogP contribution in [0, 0.1) is 5.82 Å². The van der Waals surface area contributed by atoms with Crippen molar-refractivity contribution in [3.63, 3.8) is 0 Å². The molecule has 0 unspecified atom stereocenters. The highest BCUT2D eigenvalue weighted by atomic mass is 35.5. The number of carbonyl (C=O) groups excluding carboxylic acids is 1. The standard InChI is InChI=1S/C20H26ClFN6O2/c1-30-20(29)13-28-9-7-27(8-10-28)6-2-5-23-18-12-19(25-14-24-18)26-15-3-4-17(22)16(21)11-15/h3-4,11-12,14H,2,5-10,13H2,1H3,(H2,23,24,25,26). The zero-order chi connectivity index (χ0) is 21.3. The van der Waals surface area contributed by atoms with E-state index in [0.717, 1.165) is 45.7 Å². The third-order valence-corrected chi connectivity index (χ3v) is 5.15. The molecule has 10 heteroatoms. The van der Waals surface area contributed by atoms with E-state index in [2.05, 4.69) is 30.4 Å². The molecule has 0 radical (unpaired) electrons. The highest BCUT2D eigenvalue weighted by molar-refractivity contribution is 6.31. The maximum absolute atomic E-state index is 13.3. The van der Waals surface area contributed by atoms with Crippen LogP contribution in [0.5, 0.6) is 0 Å². The van der Waals surface area contributed by atoms with E-state index in [0.29, 0.717) is 23.9 Å². The summed E-state index contributed by atoms with van der Waals surface area (Å²) in [5.74, 6) is 0.659. The minimum absolute atomic E-state index is 0.0542. The van der Waals surface area contributed by atoms with Crippen molar-refractivity contribution in [2.75, 3.05) is 63.6 Å². The van der Waals surface area contributed by atoms with Gasteiger partial charge in [-0.2, -0.15) is 0 Å². The molecule has 2 N–H and O–H groups in total. The predicted octanol–water partition coefficient (Wildman–Crippen LogP) is 2.61. The Morgan fingerprint density at radius 1 is 1.17 bits per heavy atom. The van der Waals surface area contributed by atoms with Gasteiger partial charge in [0.1, 0.15) is 23.8 Å². The number of anilines is 3. The van der Waals surface area contributed by atoms with E-state index in [9.17, 15) is 9.18 Å².